The monoisotopic (exact) mass is 582 g/mol. The maximum absolute atomic E-state index is 13.2. The summed E-state index contributed by atoms with van der Waals surface area (Å²) >= 11 is 0. The molecule has 0 radical (unpaired) electrons. The van der Waals surface area contributed by atoms with Crippen LogP contribution in [0.5, 0.6) is 0 Å². The van der Waals surface area contributed by atoms with Crippen molar-refractivity contribution in [1.29, 1.82) is 0 Å². The third-order valence-electron chi connectivity index (χ3n) is 8.08. The average molecular weight is 583 g/mol. The second-order valence-electron chi connectivity index (χ2n) is 11.2. The molecule has 1 unspecified atom stereocenters. The van der Waals surface area contributed by atoms with Crippen molar-refractivity contribution in [3.63, 3.8) is 0 Å². The Balaban J connectivity index is 1.23. The SMILES string of the molecule is O=C(N[C@H](Cc1ccccc1)C(=O)O)c1cccc(CC2CCCC=C2c2nc(-c3ccccc3)c(-c3ccccc3)o2)c1. The molecule has 4 aromatic carbocycles. The van der Waals surface area contributed by atoms with E-state index < -0.39 is 17.9 Å². The number of carboxylic acid groups (broad SMARTS) is 1. The number of nitrogens with one attached hydrogen (secondary N) is 1. The normalized spacial score (nSPS) is 15.3. The van der Waals surface area contributed by atoms with Crippen LogP contribution in [0, 0.1) is 5.92 Å². The van der Waals surface area contributed by atoms with Gasteiger partial charge in [-0.1, -0.05) is 109 Å². The van der Waals surface area contributed by atoms with Gasteiger partial charge in [-0.05, 0) is 54.9 Å². The fourth-order valence-corrected chi connectivity index (χ4v) is 5.85. The molecule has 0 spiro atoms. The molecule has 44 heavy (non-hydrogen) atoms. The Morgan fingerprint density at radius 1 is 0.841 bits per heavy atom. The average Bonchev–Trinajstić information content (AvgIpc) is 3.52. The summed E-state index contributed by atoms with van der Waals surface area (Å²) in [6.45, 7) is 0. The van der Waals surface area contributed by atoms with Gasteiger partial charge < -0.3 is 14.8 Å². The molecule has 0 aliphatic heterocycles. The number of aliphatic carboxylic acids is 1. The predicted molar refractivity (Wildman–Crippen MR) is 172 cm³/mol. The Morgan fingerprint density at radius 2 is 1.50 bits per heavy atom. The first-order valence-electron chi connectivity index (χ1n) is 15.0. The minimum atomic E-state index is -1.06. The molecule has 1 aromatic heterocycles. The number of amides is 1. The first kappa shape index (κ1) is 28.9. The quantitative estimate of drug-likeness (QED) is 0.175. The van der Waals surface area contributed by atoms with E-state index in [9.17, 15) is 14.7 Å². The van der Waals surface area contributed by atoms with E-state index in [1.807, 2.05) is 109 Å². The lowest BCUT2D eigenvalue weighted by Crippen LogP contribution is -2.42. The van der Waals surface area contributed by atoms with Gasteiger partial charge in [-0.25, -0.2) is 9.78 Å². The lowest BCUT2D eigenvalue weighted by Gasteiger charge is -2.23. The summed E-state index contributed by atoms with van der Waals surface area (Å²) in [5.41, 5.74) is 6.17. The first-order valence-corrected chi connectivity index (χ1v) is 15.0. The molecule has 220 valence electrons. The standard InChI is InChI=1S/C38H34N2O4/c41-36(39-33(38(42)43)25-26-13-4-1-5-14-26)31-21-12-15-27(24-31)23-30-20-10-11-22-32(30)37-40-34(28-16-6-2-7-17-28)35(44-37)29-18-8-3-9-19-29/h1-9,12-19,21-22,24,30,33H,10-11,20,23,25H2,(H,39,41)(H,42,43)/t30?,33-/m1/s1. The molecular weight excluding hydrogens is 548 g/mol. The molecule has 6 nitrogen and oxygen atoms in total. The van der Waals surface area contributed by atoms with Gasteiger partial charge in [-0.2, -0.15) is 0 Å². The van der Waals surface area contributed by atoms with Gasteiger partial charge in [0.2, 0.25) is 5.89 Å². The summed E-state index contributed by atoms with van der Waals surface area (Å²) in [6, 6.07) is 35.9. The van der Waals surface area contributed by atoms with E-state index >= 15 is 0 Å². The Hall–Kier alpha value is -5.23. The fraction of sp³-hybridized carbons (Fsp3) is 0.184. The van der Waals surface area contributed by atoms with Crippen molar-refractivity contribution in [1.82, 2.24) is 10.3 Å². The van der Waals surface area contributed by atoms with Crippen LogP contribution in [0.15, 0.2) is 126 Å². The van der Waals surface area contributed by atoms with Gasteiger partial charge in [0.1, 0.15) is 11.7 Å². The number of aromatic nitrogens is 1. The zero-order chi connectivity index (χ0) is 30.3. The molecule has 1 heterocycles. The van der Waals surface area contributed by atoms with E-state index in [-0.39, 0.29) is 12.3 Å². The first-order chi connectivity index (χ1) is 21.5. The van der Waals surface area contributed by atoms with Crippen molar-refractivity contribution in [2.45, 2.75) is 38.1 Å². The molecule has 0 saturated heterocycles. The van der Waals surface area contributed by atoms with Crippen molar-refractivity contribution in [2.24, 2.45) is 5.92 Å². The topological polar surface area (TPSA) is 92.4 Å². The van der Waals surface area contributed by atoms with Gasteiger partial charge >= 0.3 is 5.97 Å². The van der Waals surface area contributed by atoms with Crippen molar-refractivity contribution in [3.05, 3.63) is 144 Å². The van der Waals surface area contributed by atoms with Crippen LogP contribution in [0.1, 0.15) is 46.6 Å². The summed E-state index contributed by atoms with van der Waals surface area (Å²) in [5.74, 6) is 0.0804. The zero-order valence-corrected chi connectivity index (χ0v) is 24.4. The zero-order valence-electron chi connectivity index (χ0n) is 24.4. The number of benzene rings is 4. The third-order valence-corrected chi connectivity index (χ3v) is 8.08. The van der Waals surface area contributed by atoms with E-state index in [1.165, 1.54) is 0 Å². The number of nitrogens with zero attached hydrogens (tertiary/aromatic N) is 1. The molecule has 6 heteroatoms. The summed E-state index contributed by atoms with van der Waals surface area (Å²) in [6.07, 6.45) is 6.15. The van der Waals surface area contributed by atoms with Crippen molar-refractivity contribution in [2.75, 3.05) is 0 Å². The molecule has 0 saturated carbocycles. The Kier molecular flexibility index (Phi) is 8.78. The Morgan fingerprint density at radius 3 is 2.20 bits per heavy atom. The summed E-state index contributed by atoms with van der Waals surface area (Å²) in [4.78, 5) is 30.2. The minimum absolute atomic E-state index is 0.165. The molecule has 1 aliphatic carbocycles. The molecule has 2 N–H and O–H groups in total. The number of carboxylic acids is 1. The van der Waals surface area contributed by atoms with Crippen LogP contribution in [0.25, 0.3) is 28.2 Å². The fourth-order valence-electron chi connectivity index (χ4n) is 5.85. The molecule has 1 aliphatic rings. The summed E-state index contributed by atoms with van der Waals surface area (Å²) < 4.78 is 6.54. The predicted octanol–water partition coefficient (Wildman–Crippen LogP) is 7.86. The van der Waals surface area contributed by atoms with Crippen LogP contribution < -0.4 is 5.32 Å². The van der Waals surface area contributed by atoms with Crippen LogP contribution in [0.4, 0.5) is 0 Å². The smallest absolute Gasteiger partial charge is 0.326 e. The lowest BCUT2D eigenvalue weighted by molar-refractivity contribution is -0.139. The van der Waals surface area contributed by atoms with Crippen molar-refractivity contribution in [3.8, 4) is 22.6 Å². The highest BCUT2D eigenvalue weighted by Crippen LogP contribution is 2.40. The van der Waals surface area contributed by atoms with Crippen LogP contribution in [0.2, 0.25) is 0 Å². The van der Waals surface area contributed by atoms with Gasteiger partial charge in [-0.3, -0.25) is 4.79 Å². The highest BCUT2D eigenvalue weighted by Gasteiger charge is 2.27. The highest BCUT2D eigenvalue weighted by atomic mass is 16.4. The highest BCUT2D eigenvalue weighted by molar-refractivity contribution is 5.96. The largest absolute Gasteiger partial charge is 0.480 e. The summed E-state index contributed by atoms with van der Waals surface area (Å²) in [7, 11) is 0. The lowest BCUT2D eigenvalue weighted by atomic mass is 9.83. The van der Waals surface area contributed by atoms with E-state index in [0.29, 0.717) is 17.9 Å². The Labute approximate surface area is 257 Å². The number of oxazole rings is 1. The second-order valence-corrected chi connectivity index (χ2v) is 11.2. The van der Waals surface area contributed by atoms with Crippen LogP contribution >= 0.6 is 0 Å². The van der Waals surface area contributed by atoms with E-state index in [1.54, 1.807) is 6.07 Å². The molecule has 1 amide bonds. The maximum atomic E-state index is 13.2. The van der Waals surface area contributed by atoms with E-state index in [4.69, 9.17) is 9.40 Å². The van der Waals surface area contributed by atoms with Gasteiger partial charge in [0.25, 0.3) is 5.91 Å². The number of hydrogen-bond acceptors (Lipinski definition) is 4. The molecule has 5 aromatic rings. The van der Waals surface area contributed by atoms with Crippen molar-refractivity contribution < 1.29 is 19.1 Å². The number of hydrogen-bond donors (Lipinski definition) is 2. The van der Waals surface area contributed by atoms with Gasteiger partial charge in [0.15, 0.2) is 5.76 Å². The number of allylic oxidation sites excluding steroid dienone is 2. The van der Waals surface area contributed by atoms with Crippen LogP contribution in [-0.4, -0.2) is 28.0 Å². The number of rotatable bonds is 10. The molecular formula is C38H34N2O4. The van der Waals surface area contributed by atoms with Crippen molar-refractivity contribution >= 4 is 17.4 Å². The molecule has 0 bridgehead atoms. The third kappa shape index (κ3) is 6.70. The van der Waals surface area contributed by atoms with Crippen LogP contribution in [-0.2, 0) is 17.6 Å². The minimum Gasteiger partial charge on any atom is -0.480 e. The van der Waals surface area contributed by atoms with E-state index in [2.05, 4.69) is 11.4 Å². The van der Waals surface area contributed by atoms with Crippen LogP contribution in [0.3, 0.4) is 0 Å². The number of carbonyl (C=O) groups is 2. The Bertz CT molecular complexity index is 1700. The molecule has 0 fully saturated rings. The molecule has 2 atom stereocenters. The van der Waals surface area contributed by atoms with Gasteiger partial charge in [0.05, 0.1) is 0 Å². The number of carbonyl (C=O) groups excluding carboxylic acids is 1. The second kappa shape index (κ2) is 13.4. The van der Waals surface area contributed by atoms with E-state index in [0.717, 1.165) is 58.5 Å². The maximum Gasteiger partial charge on any atom is 0.326 e. The van der Waals surface area contributed by atoms with Gasteiger partial charge in [0, 0.05) is 28.7 Å². The van der Waals surface area contributed by atoms with Gasteiger partial charge in [-0.15, -0.1) is 0 Å². The summed E-state index contributed by atoms with van der Waals surface area (Å²) in [5, 5.41) is 12.5. The molecule has 6 rings (SSSR count).